The van der Waals surface area contributed by atoms with E-state index in [1.54, 1.807) is 0 Å². The molecule has 0 atom stereocenters. The second-order valence-corrected chi connectivity index (χ2v) is 5.59. The molecule has 4 aromatic rings. The van der Waals surface area contributed by atoms with Gasteiger partial charge in [-0.2, -0.15) is 0 Å². The summed E-state index contributed by atoms with van der Waals surface area (Å²) in [5.74, 6) is 0.837. The van der Waals surface area contributed by atoms with E-state index in [0.29, 0.717) is 23.0 Å². The smallest absolute Gasteiger partial charge is 0.182 e. The lowest BCUT2D eigenvalue weighted by atomic mass is 10.2. The van der Waals surface area contributed by atoms with Crippen molar-refractivity contribution in [2.45, 2.75) is 13.8 Å². The fourth-order valence-corrected chi connectivity index (χ4v) is 2.91. The lowest BCUT2D eigenvalue weighted by Gasteiger charge is -2.00. The molecule has 118 valence electrons. The third-order valence-electron chi connectivity index (χ3n) is 3.96. The quantitative estimate of drug-likeness (QED) is 0.544. The molecule has 4 aromatic heterocycles. The van der Waals surface area contributed by atoms with Crippen molar-refractivity contribution in [3.05, 3.63) is 60.2 Å². The average molecular weight is 318 g/mol. The van der Waals surface area contributed by atoms with E-state index in [0.717, 1.165) is 11.0 Å². The highest BCUT2D eigenvalue weighted by molar-refractivity contribution is 6.01. The van der Waals surface area contributed by atoms with Crippen LogP contribution in [0.15, 0.2) is 48.8 Å². The number of ketones is 2. The molecule has 0 radical (unpaired) electrons. The number of hydrogen-bond acceptors (Lipinski definition) is 4. The van der Waals surface area contributed by atoms with Crippen molar-refractivity contribution in [3.8, 4) is 11.6 Å². The standard InChI is InChI=1S/C18H14N4O2/c1-11(23)15-13-7-3-5-9-21(13)17(19-15)18-20-16(12(2)24)14-8-4-6-10-22(14)18/h3-10H,1-2H3. The van der Waals surface area contributed by atoms with Gasteiger partial charge >= 0.3 is 0 Å². The Hall–Kier alpha value is -3.28. The third-order valence-corrected chi connectivity index (χ3v) is 3.96. The van der Waals surface area contributed by atoms with Crippen LogP contribution in [0, 0.1) is 0 Å². The zero-order valence-corrected chi connectivity index (χ0v) is 13.2. The molecule has 0 spiro atoms. The predicted molar refractivity (Wildman–Crippen MR) is 89.4 cm³/mol. The summed E-state index contributed by atoms with van der Waals surface area (Å²) in [6, 6.07) is 11.1. The molecule has 6 heteroatoms. The van der Waals surface area contributed by atoms with Crippen molar-refractivity contribution in [1.29, 1.82) is 0 Å². The summed E-state index contributed by atoms with van der Waals surface area (Å²) in [6.07, 6.45) is 3.67. The van der Waals surface area contributed by atoms with Crippen molar-refractivity contribution < 1.29 is 9.59 Å². The maximum atomic E-state index is 11.9. The average Bonchev–Trinajstić information content (AvgIpc) is 3.13. The maximum absolute atomic E-state index is 11.9. The van der Waals surface area contributed by atoms with Crippen LogP contribution in [0.3, 0.4) is 0 Å². The molecule has 0 amide bonds. The van der Waals surface area contributed by atoms with Gasteiger partial charge in [0.05, 0.1) is 11.0 Å². The van der Waals surface area contributed by atoms with E-state index in [4.69, 9.17) is 0 Å². The summed E-state index contributed by atoms with van der Waals surface area (Å²) in [7, 11) is 0. The van der Waals surface area contributed by atoms with Crippen LogP contribution in [-0.2, 0) is 0 Å². The molecule has 4 heterocycles. The number of hydrogen-bond donors (Lipinski definition) is 0. The Labute approximate surface area is 137 Å². The monoisotopic (exact) mass is 318 g/mol. The summed E-state index contributed by atoms with van der Waals surface area (Å²) < 4.78 is 3.64. The Morgan fingerprint density at radius 3 is 1.54 bits per heavy atom. The lowest BCUT2D eigenvalue weighted by molar-refractivity contribution is 0.100. The molecule has 0 aliphatic heterocycles. The van der Waals surface area contributed by atoms with Gasteiger partial charge in [0.15, 0.2) is 23.2 Å². The zero-order chi connectivity index (χ0) is 16.8. The SMILES string of the molecule is CC(=O)c1nc(-c2nc(C(C)=O)c3ccccn23)n2ccccc12. The van der Waals surface area contributed by atoms with Gasteiger partial charge in [0.25, 0.3) is 0 Å². The molecule has 0 fully saturated rings. The van der Waals surface area contributed by atoms with Crippen LogP contribution in [0.25, 0.3) is 22.7 Å². The molecule has 0 unspecified atom stereocenters. The second kappa shape index (κ2) is 5.13. The predicted octanol–water partition coefficient (Wildman–Crippen LogP) is 3.05. The first-order valence-electron chi connectivity index (χ1n) is 7.54. The first kappa shape index (κ1) is 14.3. The van der Waals surface area contributed by atoms with Crippen LogP contribution in [0.5, 0.6) is 0 Å². The van der Waals surface area contributed by atoms with Crippen LogP contribution >= 0.6 is 0 Å². The Kier molecular flexibility index (Phi) is 3.06. The van der Waals surface area contributed by atoms with Gasteiger partial charge in [0.1, 0.15) is 11.4 Å². The minimum absolute atomic E-state index is 0.113. The Morgan fingerprint density at radius 2 is 1.17 bits per heavy atom. The topological polar surface area (TPSA) is 68.7 Å². The van der Waals surface area contributed by atoms with Crippen molar-refractivity contribution in [1.82, 2.24) is 18.8 Å². The normalized spacial score (nSPS) is 11.2. The fraction of sp³-hybridized carbons (Fsp3) is 0.111. The number of nitrogens with zero attached hydrogens (tertiary/aromatic N) is 4. The molecule has 0 bridgehead atoms. The molecule has 6 nitrogen and oxygen atoms in total. The van der Waals surface area contributed by atoms with Crippen molar-refractivity contribution >= 4 is 22.6 Å². The fourth-order valence-electron chi connectivity index (χ4n) is 2.91. The highest BCUT2D eigenvalue weighted by atomic mass is 16.1. The molecule has 0 aliphatic carbocycles. The Morgan fingerprint density at radius 1 is 0.750 bits per heavy atom. The lowest BCUT2D eigenvalue weighted by Crippen LogP contribution is -1.95. The largest absolute Gasteiger partial charge is 0.296 e. The molecule has 0 aliphatic rings. The highest BCUT2D eigenvalue weighted by Gasteiger charge is 2.21. The first-order chi connectivity index (χ1) is 11.6. The van der Waals surface area contributed by atoms with Gasteiger partial charge in [0.2, 0.25) is 0 Å². The number of aromatic nitrogens is 4. The maximum Gasteiger partial charge on any atom is 0.182 e. The molecule has 0 aromatic carbocycles. The third kappa shape index (κ3) is 1.96. The summed E-state index contributed by atoms with van der Waals surface area (Å²) in [5, 5.41) is 0. The van der Waals surface area contributed by atoms with E-state index in [2.05, 4.69) is 9.97 Å². The number of fused-ring (bicyclic) bond motifs is 2. The van der Waals surface area contributed by atoms with Crippen LogP contribution in [0.4, 0.5) is 0 Å². The summed E-state index contributed by atoms with van der Waals surface area (Å²) >= 11 is 0. The number of pyridine rings is 2. The highest BCUT2D eigenvalue weighted by Crippen LogP contribution is 2.25. The van der Waals surface area contributed by atoms with Gasteiger partial charge in [-0.3, -0.25) is 18.4 Å². The van der Waals surface area contributed by atoms with E-state index >= 15 is 0 Å². The van der Waals surface area contributed by atoms with Crippen LogP contribution in [0.2, 0.25) is 0 Å². The summed E-state index contributed by atoms with van der Waals surface area (Å²) in [6.45, 7) is 2.98. The first-order valence-corrected chi connectivity index (χ1v) is 7.54. The number of carbonyl (C=O) groups is 2. The van der Waals surface area contributed by atoms with Gasteiger partial charge < -0.3 is 0 Å². The minimum Gasteiger partial charge on any atom is -0.296 e. The molecular weight excluding hydrogens is 304 g/mol. The molecule has 0 saturated heterocycles. The zero-order valence-electron chi connectivity index (χ0n) is 13.2. The second-order valence-electron chi connectivity index (χ2n) is 5.59. The summed E-state index contributed by atoms with van der Waals surface area (Å²) in [4.78, 5) is 32.8. The van der Waals surface area contributed by atoms with E-state index in [9.17, 15) is 9.59 Å². The van der Waals surface area contributed by atoms with Gasteiger partial charge in [-0.1, -0.05) is 12.1 Å². The van der Waals surface area contributed by atoms with Crippen LogP contribution in [0.1, 0.15) is 34.8 Å². The van der Waals surface area contributed by atoms with E-state index in [1.807, 2.05) is 57.6 Å². The molecule has 24 heavy (non-hydrogen) atoms. The van der Waals surface area contributed by atoms with Gasteiger partial charge in [0, 0.05) is 26.2 Å². The van der Waals surface area contributed by atoms with Crippen LogP contribution in [-0.4, -0.2) is 30.3 Å². The van der Waals surface area contributed by atoms with Gasteiger partial charge in [-0.15, -0.1) is 0 Å². The van der Waals surface area contributed by atoms with Crippen molar-refractivity contribution in [2.75, 3.05) is 0 Å². The van der Waals surface area contributed by atoms with Gasteiger partial charge in [-0.05, 0) is 24.3 Å². The Bertz CT molecular complexity index is 1030. The Balaban J connectivity index is 2.11. The van der Waals surface area contributed by atoms with Gasteiger partial charge in [-0.25, -0.2) is 9.97 Å². The van der Waals surface area contributed by atoms with Crippen molar-refractivity contribution in [2.24, 2.45) is 0 Å². The molecular formula is C18H14N4O2. The van der Waals surface area contributed by atoms with E-state index in [-0.39, 0.29) is 11.6 Å². The minimum atomic E-state index is -0.113. The van der Waals surface area contributed by atoms with E-state index in [1.165, 1.54) is 13.8 Å². The van der Waals surface area contributed by atoms with E-state index < -0.39 is 0 Å². The molecule has 0 N–H and O–H groups in total. The van der Waals surface area contributed by atoms with Crippen molar-refractivity contribution in [3.63, 3.8) is 0 Å². The van der Waals surface area contributed by atoms with Crippen LogP contribution < -0.4 is 0 Å². The molecule has 4 rings (SSSR count). The molecule has 0 saturated carbocycles. The summed E-state index contributed by atoms with van der Waals surface area (Å²) in [5.41, 5.74) is 2.22. The number of rotatable bonds is 3. The number of Topliss-reactive ketones (excluding diaryl/α,β-unsaturated/α-hetero) is 2. The number of imidazole rings is 2. The number of carbonyl (C=O) groups excluding carboxylic acids is 2.